The standard InChI is InChI=1S/C7H5FN4/c8-6-5-4(2-1-3-10-5)7(9)12-11-6/h1-3H,(H2,9,12). The first-order chi connectivity index (χ1) is 5.79. The van der Waals surface area contributed by atoms with Crippen LogP contribution in [0.5, 0.6) is 0 Å². The van der Waals surface area contributed by atoms with Crippen LogP contribution in [0.15, 0.2) is 18.3 Å². The lowest BCUT2D eigenvalue weighted by Crippen LogP contribution is -1.98. The number of nitrogens with zero attached hydrogens (tertiary/aromatic N) is 3. The van der Waals surface area contributed by atoms with E-state index in [1.165, 1.54) is 6.20 Å². The highest BCUT2D eigenvalue weighted by atomic mass is 19.1. The molecule has 0 aliphatic heterocycles. The van der Waals surface area contributed by atoms with Gasteiger partial charge in [-0.25, -0.2) is 0 Å². The van der Waals surface area contributed by atoms with Gasteiger partial charge in [0.15, 0.2) is 5.82 Å². The van der Waals surface area contributed by atoms with Crippen molar-refractivity contribution in [3.63, 3.8) is 0 Å². The van der Waals surface area contributed by atoms with Crippen LogP contribution in [-0.4, -0.2) is 15.2 Å². The monoisotopic (exact) mass is 164 g/mol. The number of nitrogen functional groups attached to an aromatic ring is 1. The topological polar surface area (TPSA) is 64.7 Å². The van der Waals surface area contributed by atoms with E-state index < -0.39 is 5.95 Å². The summed E-state index contributed by atoms with van der Waals surface area (Å²) < 4.78 is 12.9. The summed E-state index contributed by atoms with van der Waals surface area (Å²) in [7, 11) is 0. The van der Waals surface area contributed by atoms with Gasteiger partial charge in [0.05, 0.1) is 0 Å². The number of halogens is 1. The Kier molecular flexibility index (Phi) is 1.36. The molecule has 2 N–H and O–H groups in total. The van der Waals surface area contributed by atoms with E-state index in [1.807, 2.05) is 0 Å². The smallest absolute Gasteiger partial charge is 0.259 e. The van der Waals surface area contributed by atoms with E-state index in [9.17, 15) is 4.39 Å². The van der Waals surface area contributed by atoms with Crippen LogP contribution in [-0.2, 0) is 0 Å². The molecule has 0 aliphatic rings. The number of hydrogen-bond acceptors (Lipinski definition) is 4. The van der Waals surface area contributed by atoms with Crippen molar-refractivity contribution in [1.29, 1.82) is 0 Å². The number of nitrogens with two attached hydrogens (primary N) is 1. The second kappa shape index (κ2) is 2.37. The SMILES string of the molecule is Nc1nnc(F)c2ncccc12. The average Bonchev–Trinajstić information content (AvgIpc) is 2.12. The van der Waals surface area contributed by atoms with E-state index in [4.69, 9.17) is 5.73 Å². The Morgan fingerprint density at radius 3 is 2.92 bits per heavy atom. The fourth-order valence-corrected chi connectivity index (χ4v) is 0.975. The summed E-state index contributed by atoms with van der Waals surface area (Å²) in [6.45, 7) is 0. The third kappa shape index (κ3) is 0.868. The molecule has 0 saturated carbocycles. The molecule has 2 rings (SSSR count). The minimum Gasteiger partial charge on any atom is -0.382 e. The van der Waals surface area contributed by atoms with Crippen molar-refractivity contribution in [3.8, 4) is 0 Å². The molecule has 0 aromatic carbocycles. The molecule has 0 bridgehead atoms. The van der Waals surface area contributed by atoms with Crippen LogP contribution in [0.1, 0.15) is 0 Å². The Morgan fingerprint density at radius 2 is 2.17 bits per heavy atom. The average molecular weight is 164 g/mol. The lowest BCUT2D eigenvalue weighted by atomic mass is 10.3. The van der Waals surface area contributed by atoms with Crippen molar-refractivity contribution in [3.05, 3.63) is 24.3 Å². The van der Waals surface area contributed by atoms with Gasteiger partial charge >= 0.3 is 0 Å². The molecule has 0 fully saturated rings. The molecular formula is C7H5FN4. The van der Waals surface area contributed by atoms with Crippen molar-refractivity contribution >= 4 is 16.7 Å². The van der Waals surface area contributed by atoms with Gasteiger partial charge in [0.1, 0.15) is 5.52 Å². The van der Waals surface area contributed by atoms with Crippen molar-refractivity contribution in [1.82, 2.24) is 15.2 Å². The molecule has 0 atom stereocenters. The predicted octanol–water partition coefficient (Wildman–Crippen LogP) is 0.746. The van der Waals surface area contributed by atoms with Gasteiger partial charge in [-0.15, -0.1) is 10.2 Å². The third-order valence-corrected chi connectivity index (χ3v) is 1.52. The molecule has 2 aromatic rings. The molecular weight excluding hydrogens is 159 g/mol. The lowest BCUT2D eigenvalue weighted by Gasteiger charge is -1.97. The zero-order valence-corrected chi connectivity index (χ0v) is 6.03. The summed E-state index contributed by atoms with van der Waals surface area (Å²) in [5.74, 6) is -0.501. The molecule has 0 aliphatic carbocycles. The number of hydrogen-bond donors (Lipinski definition) is 1. The molecule has 0 radical (unpaired) electrons. The van der Waals surface area contributed by atoms with Gasteiger partial charge < -0.3 is 5.73 Å². The summed E-state index contributed by atoms with van der Waals surface area (Å²) >= 11 is 0. The predicted molar refractivity (Wildman–Crippen MR) is 41.7 cm³/mol. The van der Waals surface area contributed by atoms with E-state index in [0.29, 0.717) is 5.39 Å². The van der Waals surface area contributed by atoms with Crippen LogP contribution in [0.4, 0.5) is 10.2 Å². The van der Waals surface area contributed by atoms with Crippen LogP contribution in [0.2, 0.25) is 0 Å². The number of aromatic nitrogens is 3. The first kappa shape index (κ1) is 6.90. The summed E-state index contributed by atoms with van der Waals surface area (Å²) in [6, 6.07) is 3.31. The molecule has 0 amide bonds. The first-order valence-electron chi connectivity index (χ1n) is 3.31. The Bertz CT molecular complexity index is 388. The Morgan fingerprint density at radius 1 is 1.33 bits per heavy atom. The number of rotatable bonds is 0. The molecule has 4 nitrogen and oxygen atoms in total. The highest BCUT2D eigenvalue weighted by molar-refractivity contribution is 5.86. The summed E-state index contributed by atoms with van der Waals surface area (Å²) in [4.78, 5) is 3.78. The number of pyridine rings is 1. The Hall–Kier alpha value is -1.78. The van der Waals surface area contributed by atoms with Crippen molar-refractivity contribution < 1.29 is 4.39 Å². The fourth-order valence-electron chi connectivity index (χ4n) is 0.975. The summed E-state index contributed by atoms with van der Waals surface area (Å²) in [5, 5.41) is 7.11. The van der Waals surface area contributed by atoms with Crippen LogP contribution in [0, 0.1) is 5.95 Å². The van der Waals surface area contributed by atoms with Crippen molar-refractivity contribution in [2.45, 2.75) is 0 Å². The molecule has 2 heterocycles. The maximum atomic E-state index is 12.9. The molecule has 0 saturated heterocycles. The second-order valence-corrected chi connectivity index (χ2v) is 2.28. The zero-order valence-electron chi connectivity index (χ0n) is 6.03. The molecule has 5 heteroatoms. The number of fused-ring (bicyclic) bond motifs is 1. The molecule has 2 aromatic heterocycles. The van der Waals surface area contributed by atoms with Gasteiger partial charge in [-0.05, 0) is 12.1 Å². The van der Waals surface area contributed by atoms with Crippen LogP contribution < -0.4 is 5.73 Å². The highest BCUT2D eigenvalue weighted by Gasteiger charge is 2.05. The second-order valence-electron chi connectivity index (χ2n) is 2.28. The van der Waals surface area contributed by atoms with E-state index in [-0.39, 0.29) is 11.3 Å². The van der Waals surface area contributed by atoms with Gasteiger partial charge in [0.2, 0.25) is 0 Å². The third-order valence-electron chi connectivity index (χ3n) is 1.52. The maximum absolute atomic E-state index is 12.9. The van der Waals surface area contributed by atoms with Gasteiger partial charge in [-0.2, -0.15) is 4.39 Å². The minimum atomic E-state index is -0.695. The van der Waals surface area contributed by atoms with Crippen LogP contribution >= 0.6 is 0 Å². The van der Waals surface area contributed by atoms with Crippen LogP contribution in [0.25, 0.3) is 10.9 Å². The lowest BCUT2D eigenvalue weighted by molar-refractivity contribution is 0.575. The van der Waals surface area contributed by atoms with E-state index in [2.05, 4.69) is 15.2 Å². The fraction of sp³-hybridized carbons (Fsp3) is 0. The molecule has 0 spiro atoms. The first-order valence-corrected chi connectivity index (χ1v) is 3.31. The quantitative estimate of drug-likeness (QED) is 0.623. The van der Waals surface area contributed by atoms with Gasteiger partial charge in [0.25, 0.3) is 5.95 Å². The molecule has 12 heavy (non-hydrogen) atoms. The van der Waals surface area contributed by atoms with Gasteiger partial charge in [-0.1, -0.05) is 0 Å². The van der Waals surface area contributed by atoms with Gasteiger partial charge in [0, 0.05) is 11.6 Å². The minimum absolute atomic E-state index is 0.157. The maximum Gasteiger partial charge on any atom is 0.259 e. The van der Waals surface area contributed by atoms with Crippen LogP contribution in [0.3, 0.4) is 0 Å². The molecule has 60 valence electrons. The van der Waals surface area contributed by atoms with E-state index in [1.54, 1.807) is 12.1 Å². The normalized spacial score (nSPS) is 10.4. The van der Waals surface area contributed by atoms with E-state index in [0.717, 1.165) is 0 Å². The Labute approximate surface area is 67.2 Å². The zero-order chi connectivity index (χ0) is 8.55. The Balaban J connectivity index is 2.95. The van der Waals surface area contributed by atoms with E-state index >= 15 is 0 Å². The summed E-state index contributed by atoms with van der Waals surface area (Å²) in [5.41, 5.74) is 5.60. The number of anilines is 1. The van der Waals surface area contributed by atoms with Crippen molar-refractivity contribution in [2.24, 2.45) is 0 Å². The van der Waals surface area contributed by atoms with Crippen molar-refractivity contribution in [2.75, 3.05) is 5.73 Å². The highest BCUT2D eigenvalue weighted by Crippen LogP contribution is 2.16. The molecule has 0 unspecified atom stereocenters. The van der Waals surface area contributed by atoms with Gasteiger partial charge in [-0.3, -0.25) is 4.98 Å². The largest absolute Gasteiger partial charge is 0.382 e. The summed E-state index contributed by atoms with van der Waals surface area (Å²) in [6.07, 6.45) is 1.48.